The average molecular weight is 321 g/mol. The molecule has 1 unspecified atom stereocenters. The van der Waals surface area contributed by atoms with Gasteiger partial charge in [-0.1, -0.05) is 18.2 Å². The Labute approximate surface area is 126 Å². The van der Waals surface area contributed by atoms with Crippen molar-refractivity contribution >= 4 is 0 Å². The lowest BCUT2D eigenvalue weighted by Gasteiger charge is -2.18. The minimum Gasteiger partial charge on any atom is -0.481 e. The number of hydrogen-bond donors (Lipinski definition) is 2. The van der Waals surface area contributed by atoms with Gasteiger partial charge in [-0.25, -0.2) is 4.39 Å². The third kappa shape index (κ3) is 6.44. The van der Waals surface area contributed by atoms with Crippen LogP contribution in [0.25, 0.3) is 0 Å². The van der Waals surface area contributed by atoms with Gasteiger partial charge in [0.05, 0.1) is 6.61 Å². The Balaban J connectivity index is 2.73. The summed E-state index contributed by atoms with van der Waals surface area (Å²) in [5.74, 6) is -1.28. The van der Waals surface area contributed by atoms with Crippen LogP contribution in [0, 0.1) is 5.82 Å². The molecular weight excluding hydrogens is 302 g/mol. The molecule has 0 saturated carbocycles. The van der Waals surface area contributed by atoms with Crippen molar-refractivity contribution in [2.24, 2.45) is 0 Å². The highest BCUT2D eigenvalue weighted by molar-refractivity contribution is 5.35. The molecule has 7 heteroatoms. The van der Waals surface area contributed by atoms with Crippen molar-refractivity contribution in [2.75, 3.05) is 13.2 Å². The van der Waals surface area contributed by atoms with Crippen LogP contribution in [0.3, 0.4) is 0 Å². The lowest BCUT2D eigenvalue weighted by atomic mass is 10.1. The van der Waals surface area contributed by atoms with Gasteiger partial charge in [0.1, 0.15) is 0 Å². The van der Waals surface area contributed by atoms with E-state index in [1.165, 1.54) is 12.1 Å². The van der Waals surface area contributed by atoms with Crippen molar-refractivity contribution in [2.45, 2.75) is 31.6 Å². The second kappa shape index (κ2) is 8.75. The second-order valence-electron chi connectivity index (χ2n) is 4.76. The van der Waals surface area contributed by atoms with E-state index in [2.05, 4.69) is 16.6 Å². The quantitative estimate of drug-likeness (QED) is 0.542. The first-order valence-electron chi connectivity index (χ1n) is 6.79. The minimum absolute atomic E-state index is 0.0906. The summed E-state index contributed by atoms with van der Waals surface area (Å²) in [7, 11) is 0. The molecule has 0 aliphatic heterocycles. The van der Waals surface area contributed by atoms with Gasteiger partial charge in [0.2, 0.25) is 0 Å². The number of rotatable bonds is 9. The number of para-hydroxylation sites is 1. The van der Waals surface area contributed by atoms with Gasteiger partial charge in [-0.3, -0.25) is 0 Å². The molecule has 0 spiro atoms. The van der Waals surface area contributed by atoms with Gasteiger partial charge in [0.15, 0.2) is 18.2 Å². The summed E-state index contributed by atoms with van der Waals surface area (Å²) >= 11 is 0. The monoisotopic (exact) mass is 321 g/mol. The van der Waals surface area contributed by atoms with Crippen LogP contribution in [0.2, 0.25) is 0 Å². The van der Waals surface area contributed by atoms with E-state index >= 15 is 0 Å². The largest absolute Gasteiger partial charge is 0.481 e. The zero-order valence-corrected chi connectivity index (χ0v) is 12.0. The Kier molecular flexibility index (Phi) is 7.34. The van der Waals surface area contributed by atoms with Crippen LogP contribution in [-0.4, -0.2) is 30.5 Å². The smallest absolute Gasteiger partial charge is 0.422 e. The summed E-state index contributed by atoms with van der Waals surface area (Å²) in [4.78, 5) is 0. The summed E-state index contributed by atoms with van der Waals surface area (Å²) in [6.45, 7) is 1.97. The van der Waals surface area contributed by atoms with E-state index < -0.39 is 24.3 Å². The van der Waals surface area contributed by atoms with Crippen molar-refractivity contribution in [3.8, 4) is 5.75 Å². The number of ether oxygens (including phenoxy) is 1. The van der Waals surface area contributed by atoms with Gasteiger partial charge in [-0.15, -0.1) is 6.58 Å². The van der Waals surface area contributed by atoms with E-state index in [0.717, 1.165) is 6.07 Å². The third-order valence-electron chi connectivity index (χ3n) is 2.95. The molecule has 3 nitrogen and oxygen atoms in total. The zero-order chi connectivity index (χ0) is 16.6. The van der Waals surface area contributed by atoms with Gasteiger partial charge in [0, 0.05) is 18.2 Å². The predicted octanol–water partition coefficient (Wildman–Crippen LogP) is 3.18. The molecule has 1 aromatic carbocycles. The van der Waals surface area contributed by atoms with E-state index in [1.54, 1.807) is 6.08 Å². The fourth-order valence-electron chi connectivity index (χ4n) is 1.84. The Morgan fingerprint density at radius 2 is 2.09 bits per heavy atom. The van der Waals surface area contributed by atoms with Crippen molar-refractivity contribution in [1.29, 1.82) is 0 Å². The van der Waals surface area contributed by atoms with Crippen molar-refractivity contribution in [1.82, 2.24) is 5.32 Å². The van der Waals surface area contributed by atoms with E-state index in [1.807, 2.05) is 0 Å². The van der Waals surface area contributed by atoms with Gasteiger partial charge in [-0.05, 0) is 18.9 Å². The first kappa shape index (κ1) is 18.4. The van der Waals surface area contributed by atoms with Gasteiger partial charge in [-0.2, -0.15) is 13.2 Å². The molecule has 1 aromatic rings. The molecule has 0 radical (unpaired) electrons. The van der Waals surface area contributed by atoms with E-state index in [9.17, 15) is 22.7 Å². The second-order valence-corrected chi connectivity index (χ2v) is 4.76. The van der Waals surface area contributed by atoms with Gasteiger partial charge < -0.3 is 15.2 Å². The molecule has 0 aliphatic carbocycles. The van der Waals surface area contributed by atoms with Crippen LogP contribution in [-0.2, 0) is 6.54 Å². The normalized spacial score (nSPS) is 13.0. The minimum atomic E-state index is -4.54. The number of aliphatic hydroxyl groups is 1. The molecule has 0 saturated heterocycles. The summed E-state index contributed by atoms with van der Waals surface area (Å²) in [6.07, 6.45) is -1.54. The van der Waals surface area contributed by atoms with E-state index in [0.29, 0.717) is 12.8 Å². The molecule has 0 aromatic heterocycles. The Bertz CT molecular complexity index is 477. The first-order valence-corrected chi connectivity index (χ1v) is 6.79. The number of aliphatic hydroxyl groups excluding tert-OH is 1. The summed E-state index contributed by atoms with van der Waals surface area (Å²) < 4.78 is 54.8. The van der Waals surface area contributed by atoms with Crippen LogP contribution in [0.5, 0.6) is 5.75 Å². The van der Waals surface area contributed by atoms with Gasteiger partial charge in [0.25, 0.3) is 0 Å². The third-order valence-corrected chi connectivity index (χ3v) is 2.95. The molecule has 124 valence electrons. The highest BCUT2D eigenvalue weighted by Gasteiger charge is 2.29. The lowest BCUT2D eigenvalue weighted by Crippen LogP contribution is -2.32. The number of nitrogens with one attached hydrogen (secondary N) is 1. The fraction of sp³-hybridized carbons (Fsp3) is 0.467. The maximum Gasteiger partial charge on any atom is 0.422 e. The Hall–Kier alpha value is -1.60. The SMILES string of the molecule is C=CCCC(CO)NCc1cccc(F)c1OCC(F)(F)F. The number of hydrogen-bond acceptors (Lipinski definition) is 3. The molecule has 0 fully saturated rings. The van der Waals surface area contributed by atoms with E-state index in [-0.39, 0.29) is 24.8 Å². The van der Waals surface area contributed by atoms with Crippen LogP contribution >= 0.6 is 0 Å². The molecule has 22 heavy (non-hydrogen) atoms. The topological polar surface area (TPSA) is 41.5 Å². The van der Waals surface area contributed by atoms with E-state index in [4.69, 9.17) is 0 Å². The highest BCUT2D eigenvalue weighted by atomic mass is 19.4. The maximum atomic E-state index is 13.7. The highest BCUT2D eigenvalue weighted by Crippen LogP contribution is 2.25. The average Bonchev–Trinajstić information content (AvgIpc) is 2.45. The van der Waals surface area contributed by atoms with Crippen LogP contribution in [0.4, 0.5) is 17.6 Å². The van der Waals surface area contributed by atoms with Crippen LogP contribution in [0.1, 0.15) is 18.4 Å². The Morgan fingerprint density at radius 3 is 2.68 bits per heavy atom. The van der Waals surface area contributed by atoms with Crippen LogP contribution in [0.15, 0.2) is 30.9 Å². The zero-order valence-electron chi connectivity index (χ0n) is 12.0. The van der Waals surface area contributed by atoms with Crippen molar-refractivity contribution < 1.29 is 27.4 Å². The molecule has 0 heterocycles. The number of allylic oxidation sites excluding steroid dienone is 1. The lowest BCUT2D eigenvalue weighted by molar-refractivity contribution is -0.153. The van der Waals surface area contributed by atoms with Crippen molar-refractivity contribution in [3.63, 3.8) is 0 Å². The molecule has 0 aliphatic rings. The number of alkyl halides is 3. The van der Waals surface area contributed by atoms with Gasteiger partial charge >= 0.3 is 6.18 Å². The fourth-order valence-corrected chi connectivity index (χ4v) is 1.84. The molecule has 1 atom stereocenters. The number of halogens is 4. The Morgan fingerprint density at radius 1 is 1.36 bits per heavy atom. The first-order chi connectivity index (χ1) is 10.4. The molecular formula is C15H19F4NO2. The predicted molar refractivity (Wildman–Crippen MR) is 75.1 cm³/mol. The van der Waals surface area contributed by atoms with Crippen molar-refractivity contribution in [3.05, 3.63) is 42.2 Å². The summed E-state index contributed by atoms with van der Waals surface area (Å²) in [6, 6.07) is 3.65. The molecule has 2 N–H and O–H groups in total. The maximum absolute atomic E-state index is 13.7. The van der Waals surface area contributed by atoms with Crippen LogP contribution < -0.4 is 10.1 Å². The number of benzene rings is 1. The summed E-state index contributed by atoms with van der Waals surface area (Å²) in [5, 5.41) is 12.2. The molecule has 0 bridgehead atoms. The molecule has 0 amide bonds. The molecule has 1 rings (SSSR count). The summed E-state index contributed by atoms with van der Waals surface area (Å²) in [5.41, 5.74) is 0.265. The standard InChI is InChI=1S/C15H19F4NO2/c1-2-3-6-12(9-21)20-8-11-5-4-7-13(16)14(11)22-10-15(17,18)19/h2,4-5,7,12,20-21H,1,3,6,8-10H2.